The number of para-hydroxylation sites is 1. The van der Waals surface area contributed by atoms with E-state index in [9.17, 15) is 4.79 Å². The van der Waals surface area contributed by atoms with Crippen molar-refractivity contribution in [1.82, 2.24) is 14.9 Å². The molecule has 3 heterocycles. The zero-order valence-corrected chi connectivity index (χ0v) is 17.7. The molecule has 1 aromatic carbocycles. The van der Waals surface area contributed by atoms with Crippen molar-refractivity contribution in [3.05, 3.63) is 57.3 Å². The molecule has 154 valence electrons. The average molecular weight is 393 g/mol. The number of likely N-dealkylation sites (tertiary alicyclic amines) is 1. The van der Waals surface area contributed by atoms with Gasteiger partial charge in [-0.1, -0.05) is 18.2 Å². The average Bonchev–Trinajstić information content (AvgIpc) is 3.07. The highest BCUT2D eigenvalue weighted by atomic mass is 16.1. The Balaban J connectivity index is 1.23. The van der Waals surface area contributed by atoms with Crippen molar-refractivity contribution in [2.45, 2.75) is 63.8 Å². The van der Waals surface area contributed by atoms with Crippen molar-refractivity contribution in [2.75, 3.05) is 31.1 Å². The van der Waals surface area contributed by atoms with Crippen LogP contribution in [-0.4, -0.2) is 47.1 Å². The fourth-order valence-corrected chi connectivity index (χ4v) is 5.96. The summed E-state index contributed by atoms with van der Waals surface area (Å²) in [6.07, 6.45) is 6.78. The number of aromatic amines is 1. The van der Waals surface area contributed by atoms with Gasteiger partial charge in [-0.25, -0.2) is 4.98 Å². The highest BCUT2D eigenvalue weighted by molar-refractivity contribution is 5.53. The van der Waals surface area contributed by atoms with Gasteiger partial charge in [-0.15, -0.1) is 0 Å². The van der Waals surface area contributed by atoms with E-state index in [2.05, 4.69) is 46.0 Å². The number of nitrogens with one attached hydrogen (secondary N) is 1. The van der Waals surface area contributed by atoms with Crippen LogP contribution in [0.3, 0.4) is 0 Å². The zero-order valence-electron chi connectivity index (χ0n) is 17.7. The van der Waals surface area contributed by atoms with Gasteiger partial charge in [-0.05, 0) is 77.1 Å². The van der Waals surface area contributed by atoms with Gasteiger partial charge in [0.2, 0.25) is 0 Å². The van der Waals surface area contributed by atoms with E-state index in [1.54, 1.807) is 0 Å². The number of aryl methyl sites for hydroxylation is 2. The second-order valence-corrected chi connectivity index (χ2v) is 9.30. The maximum atomic E-state index is 12.3. The van der Waals surface area contributed by atoms with E-state index in [1.807, 2.05) is 6.92 Å². The minimum Gasteiger partial charge on any atom is -0.371 e. The van der Waals surface area contributed by atoms with Crippen LogP contribution in [0.4, 0.5) is 5.69 Å². The van der Waals surface area contributed by atoms with Gasteiger partial charge in [0.05, 0.1) is 5.69 Å². The number of nitrogens with zero attached hydrogens (tertiary/aromatic N) is 3. The van der Waals surface area contributed by atoms with E-state index in [-0.39, 0.29) is 11.0 Å². The van der Waals surface area contributed by atoms with Crippen LogP contribution in [0.25, 0.3) is 0 Å². The zero-order chi connectivity index (χ0) is 20.0. The molecule has 5 nitrogen and oxygen atoms in total. The third-order valence-corrected chi connectivity index (χ3v) is 7.68. The molecule has 0 atom stereocenters. The Morgan fingerprint density at radius 1 is 1.03 bits per heavy atom. The molecular formula is C24H32N4O. The highest BCUT2D eigenvalue weighted by Crippen LogP contribution is 2.44. The largest absolute Gasteiger partial charge is 0.371 e. The lowest BCUT2D eigenvalue weighted by molar-refractivity contribution is 0.0983. The first kappa shape index (κ1) is 18.9. The van der Waals surface area contributed by atoms with Gasteiger partial charge in [-0.3, -0.25) is 4.79 Å². The molecule has 2 aromatic rings. The first-order valence-electron chi connectivity index (χ1n) is 11.2. The summed E-state index contributed by atoms with van der Waals surface area (Å²) in [5.41, 5.74) is 5.09. The number of aromatic nitrogens is 2. The quantitative estimate of drug-likeness (QED) is 0.852. The second-order valence-electron chi connectivity index (χ2n) is 9.30. The molecule has 2 fully saturated rings. The molecular weight excluding hydrogens is 360 g/mol. The van der Waals surface area contributed by atoms with E-state index >= 15 is 0 Å². The molecule has 5 heteroatoms. The lowest BCUT2D eigenvalue weighted by Gasteiger charge is -2.45. The number of anilines is 1. The van der Waals surface area contributed by atoms with Crippen LogP contribution < -0.4 is 10.5 Å². The summed E-state index contributed by atoms with van der Waals surface area (Å²) in [6.45, 7) is 8.70. The van der Waals surface area contributed by atoms with Crippen molar-refractivity contribution in [1.29, 1.82) is 0 Å². The maximum Gasteiger partial charge on any atom is 0.254 e. The predicted octanol–water partition coefficient (Wildman–Crippen LogP) is 3.34. The minimum absolute atomic E-state index is 0.0929. The van der Waals surface area contributed by atoms with Gasteiger partial charge in [0.15, 0.2) is 0 Å². The lowest BCUT2D eigenvalue weighted by Crippen LogP contribution is -2.50. The number of rotatable bonds is 2. The summed E-state index contributed by atoms with van der Waals surface area (Å²) < 4.78 is 0. The van der Waals surface area contributed by atoms with Crippen LogP contribution in [-0.2, 0) is 11.8 Å². The Bertz CT molecular complexity index is 950. The number of piperidine rings is 2. The Morgan fingerprint density at radius 2 is 1.76 bits per heavy atom. The topological polar surface area (TPSA) is 52.2 Å². The van der Waals surface area contributed by atoms with Crippen LogP contribution >= 0.6 is 0 Å². The van der Waals surface area contributed by atoms with Crippen molar-refractivity contribution >= 4 is 5.69 Å². The Kier molecular flexibility index (Phi) is 4.73. The smallest absolute Gasteiger partial charge is 0.254 e. The summed E-state index contributed by atoms with van der Waals surface area (Å²) in [7, 11) is 0. The fourth-order valence-electron chi connectivity index (χ4n) is 5.96. The summed E-state index contributed by atoms with van der Waals surface area (Å²) in [5, 5.41) is 0. The third kappa shape index (κ3) is 3.29. The van der Waals surface area contributed by atoms with Crippen molar-refractivity contribution < 1.29 is 0 Å². The number of H-pyrrole nitrogens is 1. The fraction of sp³-hybridized carbons (Fsp3) is 0.583. The van der Waals surface area contributed by atoms with Crippen molar-refractivity contribution in [2.24, 2.45) is 0 Å². The van der Waals surface area contributed by atoms with E-state index in [4.69, 9.17) is 4.98 Å². The van der Waals surface area contributed by atoms with Crippen LogP contribution in [0, 0.1) is 13.8 Å². The van der Waals surface area contributed by atoms with Crippen molar-refractivity contribution in [3.63, 3.8) is 0 Å². The summed E-state index contributed by atoms with van der Waals surface area (Å²) in [4.78, 5) is 25.3. The number of hydrogen-bond acceptors (Lipinski definition) is 4. The Labute approximate surface area is 173 Å². The van der Waals surface area contributed by atoms with Gasteiger partial charge in [-0.2, -0.15) is 0 Å². The van der Waals surface area contributed by atoms with Crippen molar-refractivity contribution in [3.8, 4) is 0 Å². The molecule has 2 saturated heterocycles. The molecule has 3 aliphatic rings. The standard InChI is InChI=1S/C24H32N4O/c1-17-5-3-4-6-21(17)28-13-8-19(9-14-28)27-15-11-24(12-16-27)10-7-20-22(24)25-18(2)26-23(20)29/h3-6,19H,7-16H2,1-2H3,(H,25,26,29). The molecule has 0 radical (unpaired) electrons. The molecule has 1 N–H and O–H groups in total. The molecule has 0 unspecified atom stereocenters. The van der Waals surface area contributed by atoms with E-state index in [1.165, 1.54) is 24.1 Å². The van der Waals surface area contributed by atoms with Gasteiger partial charge >= 0.3 is 0 Å². The molecule has 0 saturated carbocycles. The molecule has 1 aromatic heterocycles. The summed E-state index contributed by atoms with van der Waals surface area (Å²) in [6, 6.07) is 9.45. The van der Waals surface area contributed by atoms with Crippen LogP contribution in [0.15, 0.2) is 29.1 Å². The predicted molar refractivity (Wildman–Crippen MR) is 117 cm³/mol. The second kappa shape index (κ2) is 7.28. The summed E-state index contributed by atoms with van der Waals surface area (Å²) >= 11 is 0. The highest BCUT2D eigenvalue weighted by Gasteiger charge is 2.44. The Hall–Kier alpha value is -2.14. The molecule has 5 rings (SSSR count). The summed E-state index contributed by atoms with van der Waals surface area (Å²) in [5.74, 6) is 0.765. The SMILES string of the molecule is Cc1nc2c(c(=O)[nH]1)CCC21CCN(C2CCN(c3ccccc3C)CC2)CC1. The first-order chi connectivity index (χ1) is 14.1. The maximum absolute atomic E-state index is 12.3. The van der Waals surface area contributed by atoms with E-state index < -0.39 is 0 Å². The van der Waals surface area contributed by atoms with Crippen LogP contribution in [0.1, 0.15) is 54.7 Å². The first-order valence-corrected chi connectivity index (χ1v) is 11.2. The van der Waals surface area contributed by atoms with E-state index in [0.717, 1.165) is 68.9 Å². The Morgan fingerprint density at radius 3 is 2.48 bits per heavy atom. The van der Waals surface area contributed by atoms with Crippen LogP contribution in [0.2, 0.25) is 0 Å². The van der Waals surface area contributed by atoms with Gasteiger partial charge in [0.25, 0.3) is 5.56 Å². The molecule has 0 amide bonds. The molecule has 1 spiro atoms. The number of benzene rings is 1. The molecule has 29 heavy (non-hydrogen) atoms. The van der Waals surface area contributed by atoms with Gasteiger partial charge in [0.1, 0.15) is 5.82 Å². The third-order valence-electron chi connectivity index (χ3n) is 7.68. The lowest BCUT2D eigenvalue weighted by atomic mass is 9.75. The van der Waals surface area contributed by atoms with E-state index in [0.29, 0.717) is 6.04 Å². The van der Waals surface area contributed by atoms with Crippen LogP contribution in [0.5, 0.6) is 0 Å². The molecule has 1 aliphatic carbocycles. The molecule has 2 aliphatic heterocycles. The number of fused-ring (bicyclic) bond motifs is 2. The monoisotopic (exact) mass is 392 g/mol. The minimum atomic E-state index is 0.0929. The molecule has 0 bridgehead atoms. The number of hydrogen-bond donors (Lipinski definition) is 1. The normalized spacial score (nSPS) is 22.2. The van der Waals surface area contributed by atoms with Gasteiger partial charge in [0, 0.05) is 35.8 Å². The van der Waals surface area contributed by atoms with Gasteiger partial charge < -0.3 is 14.8 Å².